The van der Waals surface area contributed by atoms with E-state index in [0.717, 1.165) is 5.56 Å². The molecule has 4 nitrogen and oxygen atoms in total. The summed E-state index contributed by atoms with van der Waals surface area (Å²) in [6, 6.07) is 18.0. The Morgan fingerprint density at radius 2 is 1.65 bits per heavy atom. The summed E-state index contributed by atoms with van der Waals surface area (Å²) in [5.74, 6) is 0.327. The number of amides is 1. The molecule has 0 saturated carbocycles. The molecule has 0 spiro atoms. The fraction of sp³-hybridized carbons (Fsp3) is 0.0556. The number of halogens is 1. The minimum atomic E-state index is -0.206. The van der Waals surface area contributed by atoms with Gasteiger partial charge in [0, 0.05) is 12.5 Å². The van der Waals surface area contributed by atoms with Gasteiger partial charge in [-0.2, -0.15) is 0 Å². The van der Waals surface area contributed by atoms with Crippen LogP contribution in [0.2, 0.25) is 5.15 Å². The van der Waals surface area contributed by atoms with Crippen molar-refractivity contribution in [2.75, 3.05) is 5.32 Å². The van der Waals surface area contributed by atoms with Crippen molar-refractivity contribution in [2.24, 2.45) is 0 Å². The molecular formula is C18H14ClN3O. The van der Waals surface area contributed by atoms with Crippen LogP contribution in [0.5, 0.6) is 0 Å². The molecule has 0 unspecified atom stereocenters. The molecule has 1 amide bonds. The number of aromatic nitrogens is 2. The van der Waals surface area contributed by atoms with Gasteiger partial charge in [-0.05, 0) is 17.2 Å². The standard InChI is InChI=1S/C12H10ClN3O.C6H4/c1-8(17)15-10-7-14-12(16-11(10)13)9-5-3-2-4-6-9;1-2-5-4-6(5)3-1/h2-7H,1H3,(H,15,17);1-4H. The number of carbonyl (C=O) groups excluding carboxylic acids is 1. The third kappa shape index (κ3) is 3.93. The molecule has 0 radical (unpaired) electrons. The second-order valence-electron chi connectivity index (χ2n) is 5.03. The van der Waals surface area contributed by atoms with Crippen LogP contribution in [-0.4, -0.2) is 15.9 Å². The van der Waals surface area contributed by atoms with E-state index < -0.39 is 0 Å². The number of anilines is 1. The maximum atomic E-state index is 10.9. The zero-order valence-electron chi connectivity index (χ0n) is 12.5. The lowest BCUT2D eigenvalue weighted by atomic mass is 10.2. The topological polar surface area (TPSA) is 54.9 Å². The number of nitrogens with zero attached hydrogens (tertiary/aromatic N) is 2. The van der Waals surface area contributed by atoms with Gasteiger partial charge in [0.1, 0.15) is 0 Å². The summed E-state index contributed by atoms with van der Waals surface area (Å²) in [5, 5.41) is 2.79. The van der Waals surface area contributed by atoms with Gasteiger partial charge in [0.15, 0.2) is 11.0 Å². The van der Waals surface area contributed by atoms with Crippen LogP contribution in [0.1, 0.15) is 6.92 Å². The van der Waals surface area contributed by atoms with Gasteiger partial charge in [-0.1, -0.05) is 60.1 Å². The minimum Gasteiger partial charge on any atom is -0.322 e. The number of rotatable bonds is 2. The van der Waals surface area contributed by atoms with Gasteiger partial charge in [-0.15, -0.1) is 0 Å². The van der Waals surface area contributed by atoms with Crippen molar-refractivity contribution < 1.29 is 4.79 Å². The summed E-state index contributed by atoms with van der Waals surface area (Å²) >= 11 is 5.96. The van der Waals surface area contributed by atoms with E-state index in [2.05, 4.69) is 39.6 Å². The first-order valence-electron chi connectivity index (χ1n) is 7.09. The molecule has 114 valence electrons. The molecule has 0 atom stereocenters. The van der Waals surface area contributed by atoms with E-state index in [1.54, 1.807) is 0 Å². The Morgan fingerprint density at radius 3 is 2.13 bits per heavy atom. The van der Waals surface area contributed by atoms with Crippen molar-refractivity contribution in [2.45, 2.75) is 6.92 Å². The molecule has 1 N–H and O–H groups in total. The molecule has 1 aromatic heterocycles. The first kappa shape index (κ1) is 15.2. The SMILES string of the molecule is CC(=O)Nc1cnc(-c2ccccc2)nc1Cl.c1cc2cc-2c1. The molecule has 5 heteroatoms. The van der Waals surface area contributed by atoms with Crippen LogP contribution >= 0.6 is 11.6 Å². The maximum Gasteiger partial charge on any atom is 0.221 e. The van der Waals surface area contributed by atoms with E-state index in [1.807, 2.05) is 30.3 Å². The Bertz CT molecular complexity index is 833. The molecule has 0 saturated heterocycles. The Kier molecular flexibility index (Phi) is 4.35. The molecule has 0 bridgehead atoms. The van der Waals surface area contributed by atoms with Crippen molar-refractivity contribution in [3.63, 3.8) is 0 Å². The summed E-state index contributed by atoms with van der Waals surface area (Å²) in [7, 11) is 0. The van der Waals surface area contributed by atoms with E-state index in [0.29, 0.717) is 11.5 Å². The molecular weight excluding hydrogens is 310 g/mol. The minimum absolute atomic E-state index is 0.206. The van der Waals surface area contributed by atoms with Crippen LogP contribution in [0.3, 0.4) is 0 Å². The van der Waals surface area contributed by atoms with Gasteiger partial charge in [-0.3, -0.25) is 4.79 Å². The molecule has 2 aliphatic carbocycles. The lowest BCUT2D eigenvalue weighted by Crippen LogP contribution is -2.07. The number of carbonyl (C=O) groups is 1. The van der Waals surface area contributed by atoms with E-state index in [1.165, 1.54) is 24.2 Å². The number of hydrogen-bond donors (Lipinski definition) is 1. The van der Waals surface area contributed by atoms with Crippen molar-refractivity contribution in [1.29, 1.82) is 0 Å². The lowest BCUT2D eigenvalue weighted by molar-refractivity contribution is -0.114. The molecule has 0 fully saturated rings. The van der Waals surface area contributed by atoms with Crippen LogP contribution in [0.25, 0.3) is 22.5 Å². The highest BCUT2D eigenvalue weighted by Gasteiger charge is 2.08. The first-order valence-corrected chi connectivity index (χ1v) is 7.47. The number of hydrogen-bond acceptors (Lipinski definition) is 3. The summed E-state index contributed by atoms with van der Waals surface area (Å²) in [5.41, 5.74) is 4.15. The number of nitrogens with one attached hydrogen (secondary N) is 1. The van der Waals surface area contributed by atoms with Crippen molar-refractivity contribution in [1.82, 2.24) is 9.97 Å². The monoisotopic (exact) mass is 323 g/mol. The molecule has 2 aromatic rings. The highest BCUT2D eigenvalue weighted by Crippen LogP contribution is 2.32. The first-order chi connectivity index (χ1) is 11.1. The number of benzene rings is 2. The van der Waals surface area contributed by atoms with Gasteiger partial charge in [-0.25, -0.2) is 9.97 Å². The Balaban J connectivity index is 0.000000213. The van der Waals surface area contributed by atoms with Crippen molar-refractivity contribution >= 4 is 23.2 Å². The lowest BCUT2D eigenvalue weighted by Gasteiger charge is -2.05. The van der Waals surface area contributed by atoms with Crippen LogP contribution < -0.4 is 5.32 Å². The molecule has 4 rings (SSSR count). The third-order valence-corrected chi connectivity index (χ3v) is 3.49. The zero-order chi connectivity index (χ0) is 16.2. The Hall–Kier alpha value is -2.72. The van der Waals surface area contributed by atoms with Gasteiger partial charge >= 0.3 is 0 Å². The van der Waals surface area contributed by atoms with Gasteiger partial charge < -0.3 is 5.32 Å². The average Bonchev–Trinajstić information content (AvgIpc) is 3.16. The Morgan fingerprint density at radius 1 is 1.00 bits per heavy atom. The van der Waals surface area contributed by atoms with Gasteiger partial charge in [0.25, 0.3) is 0 Å². The van der Waals surface area contributed by atoms with E-state index >= 15 is 0 Å². The van der Waals surface area contributed by atoms with Gasteiger partial charge in [0.2, 0.25) is 5.91 Å². The van der Waals surface area contributed by atoms with E-state index in [-0.39, 0.29) is 11.1 Å². The summed E-state index contributed by atoms with van der Waals surface area (Å²) in [6.45, 7) is 1.40. The van der Waals surface area contributed by atoms with Crippen molar-refractivity contribution in [3.8, 4) is 22.5 Å². The fourth-order valence-electron chi connectivity index (χ4n) is 2.04. The molecule has 23 heavy (non-hydrogen) atoms. The van der Waals surface area contributed by atoms with Crippen molar-refractivity contribution in [3.05, 3.63) is 65.9 Å². The predicted molar refractivity (Wildman–Crippen MR) is 92.2 cm³/mol. The number of fused-ring (bicyclic) bond motifs is 1. The zero-order valence-corrected chi connectivity index (χ0v) is 13.2. The van der Waals surface area contributed by atoms with E-state index in [9.17, 15) is 4.79 Å². The maximum absolute atomic E-state index is 10.9. The predicted octanol–water partition coefficient (Wildman–Crippen LogP) is 4.42. The van der Waals surface area contributed by atoms with Crippen LogP contribution in [0, 0.1) is 0 Å². The summed E-state index contributed by atoms with van der Waals surface area (Å²) in [4.78, 5) is 19.2. The highest BCUT2D eigenvalue weighted by molar-refractivity contribution is 6.32. The van der Waals surface area contributed by atoms with E-state index in [4.69, 9.17) is 11.6 Å². The van der Waals surface area contributed by atoms with Gasteiger partial charge in [0.05, 0.1) is 11.9 Å². The quantitative estimate of drug-likeness (QED) is 0.555. The Labute approximate surface area is 139 Å². The van der Waals surface area contributed by atoms with Crippen LogP contribution in [0.15, 0.2) is 60.8 Å². The van der Waals surface area contributed by atoms with Crippen LogP contribution in [0.4, 0.5) is 5.69 Å². The smallest absolute Gasteiger partial charge is 0.221 e. The molecule has 0 aliphatic heterocycles. The molecule has 1 heterocycles. The fourth-order valence-corrected chi connectivity index (χ4v) is 2.21. The second-order valence-corrected chi connectivity index (χ2v) is 5.38. The molecule has 2 aliphatic rings. The molecule has 1 aromatic carbocycles. The average molecular weight is 324 g/mol. The summed E-state index contributed by atoms with van der Waals surface area (Å²) in [6.07, 6.45) is 1.50. The second kappa shape index (κ2) is 6.58. The summed E-state index contributed by atoms with van der Waals surface area (Å²) < 4.78 is 0. The largest absolute Gasteiger partial charge is 0.322 e. The third-order valence-electron chi connectivity index (χ3n) is 3.20. The normalized spacial score (nSPS) is 10.3. The highest BCUT2D eigenvalue weighted by atomic mass is 35.5. The van der Waals surface area contributed by atoms with Crippen LogP contribution in [-0.2, 0) is 4.79 Å².